The second kappa shape index (κ2) is 10.5. The predicted octanol–water partition coefficient (Wildman–Crippen LogP) is 6.05. The van der Waals surface area contributed by atoms with Crippen LogP contribution < -0.4 is 9.64 Å². The molecule has 0 bridgehead atoms. The summed E-state index contributed by atoms with van der Waals surface area (Å²) in [4.78, 5) is 23.9. The zero-order valence-corrected chi connectivity index (χ0v) is 22.5. The molecule has 7 heteroatoms. The first-order valence-corrected chi connectivity index (χ1v) is 12.5. The maximum atomic E-state index is 12.5. The van der Waals surface area contributed by atoms with Gasteiger partial charge in [-0.2, -0.15) is 0 Å². The monoisotopic (exact) mass is 483 g/mol. The second-order valence-electron chi connectivity index (χ2n) is 11.7. The number of carboxylic acid groups (broad SMARTS) is 1. The number of pyridine rings is 2. The molecule has 1 N–H and O–H groups in total. The van der Waals surface area contributed by atoms with Gasteiger partial charge in [-0.3, -0.25) is 4.98 Å². The molecule has 3 rings (SSSR count). The van der Waals surface area contributed by atoms with E-state index in [4.69, 9.17) is 9.47 Å². The van der Waals surface area contributed by atoms with Crippen LogP contribution in [-0.4, -0.2) is 46.3 Å². The van der Waals surface area contributed by atoms with Crippen LogP contribution in [0.1, 0.15) is 78.7 Å². The highest BCUT2D eigenvalue weighted by atomic mass is 16.5. The van der Waals surface area contributed by atoms with Crippen molar-refractivity contribution in [1.29, 1.82) is 0 Å². The SMILES string of the molecule is Cc1ncc(-c2ccc(OCC(C)C)nc2)c(N2CCC(C)(C)CC2)c1[C@H](OC(C)(C)C)C(=O)O. The normalized spacial score (nSPS) is 16.9. The summed E-state index contributed by atoms with van der Waals surface area (Å²) in [7, 11) is 0. The number of carbonyl (C=O) groups is 1. The number of carboxylic acids is 1. The van der Waals surface area contributed by atoms with Gasteiger partial charge >= 0.3 is 5.97 Å². The number of rotatable bonds is 8. The van der Waals surface area contributed by atoms with Crippen LogP contribution in [0.15, 0.2) is 24.5 Å². The molecule has 0 spiro atoms. The first-order valence-electron chi connectivity index (χ1n) is 12.5. The standard InChI is InChI=1S/C28H41N3O4/c1-18(2)17-34-22-10-9-20(15-30-22)21-16-29-19(3)23(25(26(32)33)35-27(4,5)6)24(21)31-13-11-28(7,8)12-14-31/h9-10,15-16,18,25H,11-14,17H2,1-8H3,(H,32,33)/t25-/m0/s1. The van der Waals surface area contributed by atoms with Crippen molar-refractivity contribution in [1.82, 2.24) is 9.97 Å². The Labute approximate surface area is 209 Å². The molecular weight excluding hydrogens is 442 g/mol. The Morgan fingerprint density at radius 3 is 2.31 bits per heavy atom. The van der Waals surface area contributed by atoms with Crippen molar-refractivity contribution >= 4 is 11.7 Å². The summed E-state index contributed by atoms with van der Waals surface area (Å²) in [5, 5.41) is 10.2. The molecule has 2 aromatic rings. The third-order valence-corrected chi connectivity index (χ3v) is 6.29. The van der Waals surface area contributed by atoms with E-state index in [9.17, 15) is 9.90 Å². The number of ether oxygens (including phenoxy) is 2. The average Bonchev–Trinajstić information content (AvgIpc) is 2.76. The minimum absolute atomic E-state index is 0.254. The van der Waals surface area contributed by atoms with Gasteiger partial charge in [-0.1, -0.05) is 27.7 Å². The van der Waals surface area contributed by atoms with Gasteiger partial charge in [-0.25, -0.2) is 9.78 Å². The largest absolute Gasteiger partial charge is 0.479 e. The van der Waals surface area contributed by atoms with Crippen LogP contribution in [-0.2, 0) is 9.53 Å². The minimum atomic E-state index is -1.13. The topological polar surface area (TPSA) is 84.8 Å². The highest BCUT2D eigenvalue weighted by Gasteiger charge is 2.35. The van der Waals surface area contributed by atoms with Gasteiger partial charge in [-0.15, -0.1) is 0 Å². The summed E-state index contributed by atoms with van der Waals surface area (Å²) in [6.07, 6.45) is 4.52. The lowest BCUT2D eigenvalue weighted by Crippen LogP contribution is -2.39. The van der Waals surface area contributed by atoms with Gasteiger partial charge < -0.3 is 19.5 Å². The Hall–Kier alpha value is -2.67. The maximum absolute atomic E-state index is 12.5. The molecular formula is C28H41N3O4. The summed E-state index contributed by atoms with van der Waals surface area (Å²) >= 11 is 0. The molecule has 1 aliphatic heterocycles. The number of aryl methyl sites for hydroxylation is 1. The van der Waals surface area contributed by atoms with Gasteiger partial charge in [0.15, 0.2) is 6.10 Å². The summed E-state index contributed by atoms with van der Waals surface area (Å²) in [5.41, 5.74) is 3.50. The number of hydrogen-bond acceptors (Lipinski definition) is 6. The molecule has 3 heterocycles. The third-order valence-electron chi connectivity index (χ3n) is 6.29. The van der Waals surface area contributed by atoms with E-state index in [-0.39, 0.29) is 5.41 Å². The molecule has 35 heavy (non-hydrogen) atoms. The fourth-order valence-electron chi connectivity index (χ4n) is 4.27. The number of anilines is 1. The van der Waals surface area contributed by atoms with Gasteiger partial charge in [0.25, 0.3) is 0 Å². The van der Waals surface area contributed by atoms with Crippen molar-refractivity contribution < 1.29 is 19.4 Å². The highest BCUT2D eigenvalue weighted by Crippen LogP contribution is 2.43. The predicted molar refractivity (Wildman–Crippen MR) is 139 cm³/mol. The molecule has 192 valence electrons. The van der Waals surface area contributed by atoms with Crippen LogP contribution in [0.2, 0.25) is 0 Å². The first kappa shape index (κ1) is 26.9. The second-order valence-corrected chi connectivity index (χ2v) is 11.7. The quantitative estimate of drug-likeness (QED) is 0.489. The van der Waals surface area contributed by atoms with E-state index in [1.165, 1.54) is 0 Å². The van der Waals surface area contributed by atoms with Crippen molar-refractivity contribution in [2.45, 2.75) is 79.9 Å². The lowest BCUT2D eigenvalue weighted by molar-refractivity contribution is -0.160. The van der Waals surface area contributed by atoms with E-state index in [1.807, 2.05) is 46.0 Å². The number of piperidine rings is 1. The number of aliphatic carboxylic acids is 1. The number of aromatic nitrogens is 2. The molecule has 7 nitrogen and oxygen atoms in total. The maximum Gasteiger partial charge on any atom is 0.337 e. The molecule has 1 atom stereocenters. The van der Waals surface area contributed by atoms with Crippen molar-refractivity contribution in [3.63, 3.8) is 0 Å². The van der Waals surface area contributed by atoms with Crippen molar-refractivity contribution in [2.75, 3.05) is 24.6 Å². The van der Waals surface area contributed by atoms with Crippen LogP contribution in [0, 0.1) is 18.3 Å². The van der Waals surface area contributed by atoms with Crippen molar-refractivity contribution in [2.24, 2.45) is 11.3 Å². The van der Waals surface area contributed by atoms with Crippen LogP contribution in [0.25, 0.3) is 11.1 Å². The highest BCUT2D eigenvalue weighted by molar-refractivity contribution is 5.86. The van der Waals surface area contributed by atoms with Crippen LogP contribution >= 0.6 is 0 Å². The average molecular weight is 484 g/mol. The summed E-state index contributed by atoms with van der Waals surface area (Å²) < 4.78 is 11.9. The van der Waals surface area contributed by atoms with Gasteiger partial charge in [0, 0.05) is 53.9 Å². The molecule has 1 fully saturated rings. The van der Waals surface area contributed by atoms with E-state index in [0.29, 0.717) is 29.7 Å². The number of nitrogens with zero attached hydrogens (tertiary/aromatic N) is 3. The minimum Gasteiger partial charge on any atom is -0.479 e. The van der Waals surface area contributed by atoms with Crippen LogP contribution in [0.5, 0.6) is 5.88 Å². The zero-order chi connectivity index (χ0) is 26.0. The fraction of sp³-hybridized carbons (Fsp3) is 0.607. The van der Waals surface area contributed by atoms with Crippen molar-refractivity contribution in [3.05, 3.63) is 35.8 Å². The Morgan fingerprint density at radius 2 is 1.80 bits per heavy atom. The third kappa shape index (κ3) is 6.94. The molecule has 0 unspecified atom stereocenters. The lowest BCUT2D eigenvalue weighted by Gasteiger charge is -2.40. The Kier molecular flexibility index (Phi) is 8.10. The lowest BCUT2D eigenvalue weighted by atomic mass is 9.82. The Morgan fingerprint density at radius 1 is 1.14 bits per heavy atom. The van der Waals surface area contributed by atoms with Crippen LogP contribution in [0.4, 0.5) is 5.69 Å². The van der Waals surface area contributed by atoms with Crippen LogP contribution in [0.3, 0.4) is 0 Å². The molecule has 0 radical (unpaired) electrons. The summed E-state index contributed by atoms with van der Waals surface area (Å²) in [6.45, 7) is 18.5. The first-order chi connectivity index (χ1) is 16.3. The van der Waals surface area contributed by atoms with E-state index < -0.39 is 17.7 Å². The molecule has 0 aliphatic carbocycles. The molecule has 0 amide bonds. The zero-order valence-electron chi connectivity index (χ0n) is 22.5. The molecule has 1 saturated heterocycles. The van der Waals surface area contributed by atoms with Gasteiger partial charge in [0.2, 0.25) is 5.88 Å². The molecule has 1 aliphatic rings. The van der Waals surface area contributed by atoms with E-state index in [0.717, 1.165) is 42.7 Å². The van der Waals surface area contributed by atoms with Gasteiger partial charge in [0.1, 0.15) is 0 Å². The van der Waals surface area contributed by atoms with E-state index in [2.05, 4.69) is 42.6 Å². The summed E-state index contributed by atoms with van der Waals surface area (Å²) in [5.74, 6) is -0.0364. The summed E-state index contributed by atoms with van der Waals surface area (Å²) in [6, 6.07) is 3.83. The molecule has 2 aromatic heterocycles. The van der Waals surface area contributed by atoms with E-state index in [1.54, 1.807) is 6.20 Å². The van der Waals surface area contributed by atoms with Crippen molar-refractivity contribution in [3.8, 4) is 17.0 Å². The smallest absolute Gasteiger partial charge is 0.337 e. The molecule has 0 aromatic carbocycles. The Balaban J connectivity index is 2.13. The van der Waals surface area contributed by atoms with Gasteiger partial charge in [0.05, 0.1) is 17.9 Å². The van der Waals surface area contributed by atoms with E-state index >= 15 is 0 Å². The molecule has 0 saturated carbocycles. The fourth-order valence-corrected chi connectivity index (χ4v) is 4.27. The number of hydrogen-bond donors (Lipinski definition) is 1. The Bertz CT molecular complexity index is 1020. The van der Waals surface area contributed by atoms with Gasteiger partial charge in [-0.05, 0) is 57.9 Å².